The van der Waals surface area contributed by atoms with Gasteiger partial charge in [-0.3, -0.25) is 5.32 Å². The van der Waals surface area contributed by atoms with Crippen LogP contribution in [0, 0.1) is 17.3 Å². The van der Waals surface area contributed by atoms with Crippen molar-refractivity contribution in [3.63, 3.8) is 0 Å². The van der Waals surface area contributed by atoms with Gasteiger partial charge in [-0.05, 0) is 19.1 Å². The standard InChI is InChI=1S/C14H15F4NO3Si/c1-4-21-13(20)19-12-9(7-8-23(2)3)11(6-5-10(12)15)22-14(16,17)18/h5-6,23H,4H2,1-3H3,(H,19,20). The maximum absolute atomic E-state index is 13.9. The minimum atomic E-state index is -4.97. The smallest absolute Gasteiger partial charge is 0.450 e. The van der Waals surface area contributed by atoms with Crippen LogP contribution in [0.2, 0.25) is 13.1 Å². The maximum Gasteiger partial charge on any atom is 0.573 e. The second-order valence-corrected chi connectivity index (χ2v) is 7.21. The Morgan fingerprint density at radius 1 is 1.35 bits per heavy atom. The normalized spacial score (nSPS) is 10.8. The summed E-state index contributed by atoms with van der Waals surface area (Å²) in [5, 5.41) is 2.06. The number of benzene rings is 1. The average Bonchev–Trinajstić information content (AvgIpc) is 2.40. The van der Waals surface area contributed by atoms with Crippen LogP contribution >= 0.6 is 0 Å². The third kappa shape index (κ3) is 6.20. The van der Waals surface area contributed by atoms with Crippen molar-refractivity contribution in [3.05, 3.63) is 23.5 Å². The van der Waals surface area contributed by atoms with Crippen molar-refractivity contribution in [2.75, 3.05) is 11.9 Å². The summed E-state index contributed by atoms with van der Waals surface area (Å²) in [6.45, 7) is 5.24. The molecule has 0 aliphatic heterocycles. The van der Waals surface area contributed by atoms with E-state index in [1.165, 1.54) is 6.92 Å². The van der Waals surface area contributed by atoms with E-state index < -0.39 is 38.5 Å². The predicted molar refractivity (Wildman–Crippen MR) is 79.5 cm³/mol. The first kappa shape index (κ1) is 18.8. The van der Waals surface area contributed by atoms with Crippen LogP contribution in [0.1, 0.15) is 12.5 Å². The van der Waals surface area contributed by atoms with E-state index in [1.54, 1.807) is 0 Å². The summed E-state index contributed by atoms with van der Waals surface area (Å²) >= 11 is 0. The van der Waals surface area contributed by atoms with E-state index in [-0.39, 0.29) is 12.2 Å². The minimum absolute atomic E-state index is 0.0200. The van der Waals surface area contributed by atoms with Gasteiger partial charge in [-0.25, -0.2) is 9.18 Å². The lowest BCUT2D eigenvalue weighted by atomic mass is 10.1. The second kappa shape index (κ2) is 7.87. The van der Waals surface area contributed by atoms with Crippen LogP contribution in [0.3, 0.4) is 0 Å². The van der Waals surface area contributed by atoms with Crippen LogP contribution in [0.5, 0.6) is 5.75 Å². The quantitative estimate of drug-likeness (QED) is 0.515. The lowest BCUT2D eigenvalue weighted by Crippen LogP contribution is -2.20. The highest BCUT2D eigenvalue weighted by Gasteiger charge is 2.33. The molecule has 0 unspecified atom stereocenters. The van der Waals surface area contributed by atoms with Crippen LogP contribution in [-0.4, -0.2) is 27.9 Å². The summed E-state index contributed by atoms with van der Waals surface area (Å²) in [5.41, 5.74) is 1.86. The topological polar surface area (TPSA) is 47.6 Å². The lowest BCUT2D eigenvalue weighted by Gasteiger charge is -2.15. The number of anilines is 1. The molecule has 0 aliphatic rings. The van der Waals surface area contributed by atoms with E-state index in [9.17, 15) is 22.4 Å². The molecule has 0 saturated heterocycles. The van der Waals surface area contributed by atoms with Gasteiger partial charge in [0.25, 0.3) is 0 Å². The van der Waals surface area contributed by atoms with Crippen molar-refractivity contribution in [3.8, 4) is 17.2 Å². The molecule has 0 aromatic heterocycles. The fourth-order valence-electron chi connectivity index (χ4n) is 1.50. The van der Waals surface area contributed by atoms with Crippen LogP contribution < -0.4 is 10.1 Å². The molecule has 1 rings (SSSR count). The highest BCUT2D eigenvalue weighted by molar-refractivity contribution is 6.64. The predicted octanol–water partition coefficient (Wildman–Crippen LogP) is 3.67. The van der Waals surface area contributed by atoms with Gasteiger partial charge >= 0.3 is 12.5 Å². The van der Waals surface area contributed by atoms with Gasteiger partial charge in [0, 0.05) is 0 Å². The lowest BCUT2D eigenvalue weighted by molar-refractivity contribution is -0.274. The first-order valence-electron chi connectivity index (χ1n) is 6.67. The minimum Gasteiger partial charge on any atom is -0.450 e. The molecule has 1 N–H and O–H groups in total. The van der Waals surface area contributed by atoms with Crippen LogP contribution in [0.4, 0.5) is 28.0 Å². The van der Waals surface area contributed by atoms with Crippen molar-refractivity contribution in [1.82, 2.24) is 0 Å². The molecule has 0 saturated carbocycles. The average molecular weight is 349 g/mol. The molecule has 1 aromatic rings. The zero-order valence-corrected chi connectivity index (χ0v) is 13.8. The summed E-state index contributed by atoms with van der Waals surface area (Å²) in [5.74, 6) is 0.839. The van der Waals surface area contributed by atoms with Gasteiger partial charge in [0.1, 0.15) is 20.4 Å². The number of hydrogen-bond acceptors (Lipinski definition) is 3. The van der Waals surface area contributed by atoms with Crippen LogP contribution in [-0.2, 0) is 4.74 Å². The molecule has 0 spiro atoms. The highest BCUT2D eigenvalue weighted by atomic mass is 28.3. The molecular formula is C14H15F4NO3Si. The van der Waals surface area contributed by atoms with Crippen molar-refractivity contribution in [1.29, 1.82) is 0 Å². The summed E-state index contributed by atoms with van der Waals surface area (Å²) in [6, 6.07) is 1.56. The monoisotopic (exact) mass is 349 g/mol. The van der Waals surface area contributed by atoms with Gasteiger partial charge in [-0.15, -0.1) is 18.7 Å². The summed E-state index contributed by atoms with van der Waals surface area (Å²) in [7, 11) is -1.46. The Hall–Kier alpha value is -2.21. The number of alkyl halides is 3. The van der Waals surface area contributed by atoms with Gasteiger partial charge in [0.2, 0.25) is 0 Å². The Kier molecular flexibility index (Phi) is 6.45. The van der Waals surface area contributed by atoms with Crippen molar-refractivity contribution >= 4 is 20.6 Å². The van der Waals surface area contributed by atoms with E-state index >= 15 is 0 Å². The highest BCUT2D eigenvalue weighted by Crippen LogP contribution is 2.32. The van der Waals surface area contributed by atoms with Gasteiger partial charge < -0.3 is 9.47 Å². The molecule has 1 amide bonds. The molecule has 0 radical (unpaired) electrons. The zero-order valence-electron chi connectivity index (χ0n) is 12.7. The molecule has 23 heavy (non-hydrogen) atoms. The Bertz CT molecular complexity index is 635. The fraction of sp³-hybridized carbons (Fsp3) is 0.357. The number of amides is 1. The maximum atomic E-state index is 13.9. The van der Waals surface area contributed by atoms with Gasteiger partial charge in [-0.1, -0.05) is 19.0 Å². The Morgan fingerprint density at radius 3 is 2.52 bits per heavy atom. The van der Waals surface area contributed by atoms with Crippen molar-refractivity contribution in [2.45, 2.75) is 26.4 Å². The molecule has 0 atom stereocenters. The third-order valence-electron chi connectivity index (χ3n) is 2.33. The number of nitrogens with one attached hydrogen (secondary N) is 1. The number of carbonyl (C=O) groups excluding carboxylic acids is 1. The second-order valence-electron chi connectivity index (χ2n) is 4.61. The van der Waals surface area contributed by atoms with E-state index in [4.69, 9.17) is 0 Å². The fourth-order valence-corrected chi connectivity index (χ4v) is 1.93. The largest absolute Gasteiger partial charge is 0.573 e. The van der Waals surface area contributed by atoms with Crippen LogP contribution in [0.25, 0.3) is 0 Å². The van der Waals surface area contributed by atoms with Gasteiger partial charge in [0.05, 0.1) is 17.9 Å². The number of ether oxygens (including phenoxy) is 2. The number of halogens is 4. The molecule has 4 nitrogen and oxygen atoms in total. The first-order valence-corrected chi connectivity index (χ1v) is 9.56. The molecule has 0 fully saturated rings. The summed E-state index contributed by atoms with van der Waals surface area (Å²) < 4.78 is 59.8. The first-order chi connectivity index (χ1) is 10.6. The molecule has 9 heteroatoms. The van der Waals surface area contributed by atoms with E-state index in [0.29, 0.717) is 0 Å². The number of hydrogen-bond donors (Lipinski definition) is 1. The molecule has 1 aromatic carbocycles. The summed E-state index contributed by atoms with van der Waals surface area (Å²) in [6.07, 6.45) is -5.97. The van der Waals surface area contributed by atoms with Gasteiger partial charge in [-0.2, -0.15) is 0 Å². The Balaban J connectivity index is 3.38. The van der Waals surface area contributed by atoms with Crippen LogP contribution in [0.15, 0.2) is 12.1 Å². The Morgan fingerprint density at radius 2 is 2.00 bits per heavy atom. The number of rotatable bonds is 3. The molecule has 0 aliphatic carbocycles. The zero-order chi connectivity index (χ0) is 17.6. The van der Waals surface area contributed by atoms with Crippen molar-refractivity contribution < 1.29 is 31.8 Å². The molecule has 0 heterocycles. The van der Waals surface area contributed by atoms with E-state index in [0.717, 1.165) is 12.1 Å². The molecular weight excluding hydrogens is 334 g/mol. The SMILES string of the molecule is CCOC(=O)Nc1c(F)ccc(OC(F)(F)F)c1C#C[SiH](C)C. The van der Waals surface area contributed by atoms with Crippen molar-refractivity contribution in [2.24, 2.45) is 0 Å². The number of carbonyl (C=O) groups is 1. The van der Waals surface area contributed by atoms with E-state index in [2.05, 4.69) is 26.3 Å². The molecule has 126 valence electrons. The molecule has 0 bridgehead atoms. The Labute approximate surface area is 132 Å². The van der Waals surface area contributed by atoms with Gasteiger partial charge in [0.15, 0.2) is 0 Å². The summed E-state index contributed by atoms with van der Waals surface area (Å²) in [4.78, 5) is 11.4. The third-order valence-corrected chi connectivity index (χ3v) is 3.05. The van der Waals surface area contributed by atoms with E-state index in [1.807, 2.05) is 13.1 Å².